The smallest absolute Gasteiger partial charge is 0.187 e. The van der Waals surface area contributed by atoms with E-state index in [0.717, 1.165) is 6.42 Å². The molecular weight excluding hydrogens is 270 g/mol. The number of hydrazone groups is 1. The van der Waals surface area contributed by atoms with Gasteiger partial charge >= 0.3 is 0 Å². The number of hydrogen-bond acceptors (Lipinski definition) is 3. The maximum Gasteiger partial charge on any atom is 0.187 e. The van der Waals surface area contributed by atoms with Crippen LogP contribution in [0.1, 0.15) is 38.2 Å². The normalized spacial score (nSPS) is 22.6. The lowest BCUT2D eigenvalue weighted by molar-refractivity contribution is 0.308. The molecule has 1 saturated carbocycles. The Morgan fingerprint density at radius 3 is 2.85 bits per heavy atom. The van der Waals surface area contributed by atoms with Crippen LogP contribution in [0.4, 0.5) is 0 Å². The topological polar surface area (TPSA) is 56.7 Å². The molecule has 0 aromatic heterocycles. The second kappa shape index (κ2) is 7.24. The van der Waals surface area contributed by atoms with Crippen LogP contribution in [0.2, 0.25) is 0 Å². The molecule has 2 atom stereocenters. The minimum atomic E-state index is 0.206. The standard InChI is InChI=1S/C15H21N3OS/c1-11-6-2-4-8-13(11)17-15(20)18-16-10-12-7-3-5-9-14(12)19/h3,5,7,9-11,13,19H,2,4,6,8H2,1H3,(H2,17,18,20)/b16-10+/t11-,13-/m1/s1. The van der Waals surface area contributed by atoms with Crippen LogP contribution in [0, 0.1) is 5.92 Å². The number of thiocarbonyl (C=S) groups is 1. The first kappa shape index (κ1) is 14.8. The number of para-hydroxylation sites is 1. The van der Waals surface area contributed by atoms with Crippen LogP contribution < -0.4 is 10.7 Å². The van der Waals surface area contributed by atoms with E-state index in [0.29, 0.717) is 22.6 Å². The summed E-state index contributed by atoms with van der Waals surface area (Å²) in [4.78, 5) is 0. The van der Waals surface area contributed by atoms with Crippen LogP contribution in [0.5, 0.6) is 5.75 Å². The van der Waals surface area contributed by atoms with Crippen molar-refractivity contribution in [1.82, 2.24) is 10.7 Å². The fourth-order valence-electron chi connectivity index (χ4n) is 2.49. The predicted molar refractivity (Wildman–Crippen MR) is 86.0 cm³/mol. The summed E-state index contributed by atoms with van der Waals surface area (Å²) in [6, 6.07) is 7.48. The van der Waals surface area contributed by atoms with Crippen LogP contribution in [-0.2, 0) is 0 Å². The molecule has 0 aliphatic heterocycles. The van der Waals surface area contributed by atoms with Crippen molar-refractivity contribution in [1.29, 1.82) is 0 Å². The highest BCUT2D eigenvalue weighted by Gasteiger charge is 2.21. The summed E-state index contributed by atoms with van der Waals surface area (Å²) < 4.78 is 0. The van der Waals surface area contributed by atoms with Gasteiger partial charge in [-0.15, -0.1) is 0 Å². The number of nitrogens with zero attached hydrogens (tertiary/aromatic N) is 1. The van der Waals surface area contributed by atoms with Crippen LogP contribution in [-0.4, -0.2) is 22.5 Å². The molecule has 0 unspecified atom stereocenters. The second-order valence-electron chi connectivity index (χ2n) is 5.27. The maximum absolute atomic E-state index is 9.60. The third kappa shape index (κ3) is 4.20. The van der Waals surface area contributed by atoms with E-state index in [1.807, 2.05) is 6.07 Å². The molecule has 0 bridgehead atoms. The van der Waals surface area contributed by atoms with Gasteiger partial charge in [0.05, 0.1) is 6.21 Å². The minimum Gasteiger partial charge on any atom is -0.507 e. The molecule has 1 fully saturated rings. The molecule has 0 spiro atoms. The average molecular weight is 291 g/mol. The summed E-state index contributed by atoms with van der Waals surface area (Å²) in [6.07, 6.45) is 6.54. The number of benzene rings is 1. The summed E-state index contributed by atoms with van der Waals surface area (Å²) in [5.41, 5.74) is 3.47. The van der Waals surface area contributed by atoms with Gasteiger partial charge in [-0.2, -0.15) is 5.10 Å². The third-order valence-electron chi connectivity index (χ3n) is 3.73. The Bertz CT molecular complexity index is 490. The Balaban J connectivity index is 1.81. The minimum absolute atomic E-state index is 0.206. The van der Waals surface area contributed by atoms with Gasteiger partial charge in [-0.25, -0.2) is 0 Å². The molecule has 108 valence electrons. The first-order chi connectivity index (χ1) is 9.66. The fourth-order valence-corrected chi connectivity index (χ4v) is 2.69. The van der Waals surface area contributed by atoms with Gasteiger partial charge in [0.25, 0.3) is 0 Å². The Labute approximate surface area is 125 Å². The lowest BCUT2D eigenvalue weighted by Crippen LogP contribution is -2.44. The predicted octanol–water partition coefficient (Wildman–Crippen LogP) is 2.77. The van der Waals surface area contributed by atoms with Crippen molar-refractivity contribution in [3.63, 3.8) is 0 Å². The summed E-state index contributed by atoms with van der Waals surface area (Å²) in [5, 5.41) is 17.5. The lowest BCUT2D eigenvalue weighted by atomic mass is 9.86. The molecule has 0 amide bonds. The van der Waals surface area contributed by atoms with Crippen LogP contribution >= 0.6 is 12.2 Å². The van der Waals surface area contributed by atoms with Crippen molar-refractivity contribution in [3.8, 4) is 5.75 Å². The number of hydrogen-bond donors (Lipinski definition) is 3. The lowest BCUT2D eigenvalue weighted by Gasteiger charge is -2.30. The highest BCUT2D eigenvalue weighted by Crippen LogP contribution is 2.23. The van der Waals surface area contributed by atoms with Crippen molar-refractivity contribution in [2.75, 3.05) is 0 Å². The molecule has 1 aromatic rings. The van der Waals surface area contributed by atoms with Crippen molar-refractivity contribution in [3.05, 3.63) is 29.8 Å². The van der Waals surface area contributed by atoms with E-state index in [9.17, 15) is 5.11 Å². The van der Waals surface area contributed by atoms with E-state index in [2.05, 4.69) is 22.8 Å². The van der Waals surface area contributed by atoms with E-state index in [4.69, 9.17) is 12.2 Å². The molecule has 0 radical (unpaired) electrons. The zero-order chi connectivity index (χ0) is 14.4. The number of phenolic OH excluding ortho intramolecular Hbond substituents is 1. The molecular formula is C15H21N3OS. The Kier molecular flexibility index (Phi) is 5.35. The van der Waals surface area contributed by atoms with Crippen molar-refractivity contribution < 1.29 is 5.11 Å². The second-order valence-corrected chi connectivity index (χ2v) is 5.68. The summed E-state index contributed by atoms with van der Waals surface area (Å²) >= 11 is 5.24. The van der Waals surface area contributed by atoms with Gasteiger partial charge < -0.3 is 10.4 Å². The number of rotatable bonds is 3. The van der Waals surface area contributed by atoms with Crippen LogP contribution in [0.3, 0.4) is 0 Å². The van der Waals surface area contributed by atoms with E-state index in [1.165, 1.54) is 19.3 Å². The molecule has 20 heavy (non-hydrogen) atoms. The van der Waals surface area contributed by atoms with Crippen molar-refractivity contribution >= 4 is 23.5 Å². The summed E-state index contributed by atoms with van der Waals surface area (Å²) in [6.45, 7) is 2.25. The largest absolute Gasteiger partial charge is 0.507 e. The Morgan fingerprint density at radius 1 is 1.35 bits per heavy atom. The quantitative estimate of drug-likeness (QED) is 0.455. The highest BCUT2D eigenvalue weighted by atomic mass is 32.1. The molecule has 0 saturated heterocycles. The van der Waals surface area contributed by atoms with Gasteiger partial charge in [0.2, 0.25) is 0 Å². The molecule has 1 aromatic carbocycles. The number of aromatic hydroxyl groups is 1. The van der Waals surface area contributed by atoms with Gasteiger partial charge in [0.15, 0.2) is 5.11 Å². The van der Waals surface area contributed by atoms with E-state index in [1.54, 1.807) is 24.4 Å². The summed E-state index contributed by atoms with van der Waals surface area (Å²) in [7, 11) is 0. The Hall–Kier alpha value is -1.62. The molecule has 3 N–H and O–H groups in total. The van der Waals surface area contributed by atoms with Gasteiger partial charge in [0, 0.05) is 11.6 Å². The van der Waals surface area contributed by atoms with Crippen LogP contribution in [0.25, 0.3) is 0 Å². The van der Waals surface area contributed by atoms with Gasteiger partial charge in [-0.3, -0.25) is 5.43 Å². The SMILES string of the molecule is C[C@@H]1CCCC[C@H]1NC(=S)N/N=C/c1ccccc1O. The van der Waals surface area contributed by atoms with E-state index in [-0.39, 0.29) is 5.75 Å². The zero-order valence-electron chi connectivity index (χ0n) is 11.7. The van der Waals surface area contributed by atoms with Crippen LogP contribution in [0.15, 0.2) is 29.4 Å². The first-order valence-electron chi connectivity index (χ1n) is 7.04. The number of nitrogens with one attached hydrogen (secondary N) is 2. The first-order valence-corrected chi connectivity index (χ1v) is 7.45. The summed E-state index contributed by atoms with van der Waals surface area (Å²) in [5.74, 6) is 0.850. The molecule has 5 heteroatoms. The number of phenols is 1. The molecule has 0 heterocycles. The zero-order valence-corrected chi connectivity index (χ0v) is 12.5. The highest BCUT2D eigenvalue weighted by molar-refractivity contribution is 7.80. The average Bonchev–Trinajstić information content (AvgIpc) is 2.43. The molecule has 4 nitrogen and oxygen atoms in total. The van der Waals surface area contributed by atoms with Crippen molar-refractivity contribution in [2.45, 2.75) is 38.6 Å². The molecule has 2 rings (SSSR count). The van der Waals surface area contributed by atoms with E-state index >= 15 is 0 Å². The van der Waals surface area contributed by atoms with Gasteiger partial charge in [-0.05, 0) is 43.1 Å². The molecule has 1 aliphatic rings. The Morgan fingerprint density at radius 2 is 2.10 bits per heavy atom. The maximum atomic E-state index is 9.60. The van der Waals surface area contributed by atoms with Gasteiger partial charge in [0.1, 0.15) is 5.75 Å². The van der Waals surface area contributed by atoms with Gasteiger partial charge in [-0.1, -0.05) is 31.9 Å². The monoisotopic (exact) mass is 291 g/mol. The van der Waals surface area contributed by atoms with E-state index < -0.39 is 0 Å². The third-order valence-corrected chi connectivity index (χ3v) is 3.94. The fraction of sp³-hybridized carbons (Fsp3) is 0.467. The molecule has 1 aliphatic carbocycles. The van der Waals surface area contributed by atoms with Crippen molar-refractivity contribution in [2.24, 2.45) is 11.0 Å².